The van der Waals surface area contributed by atoms with Crippen LogP contribution in [0.1, 0.15) is 54.9 Å². The second kappa shape index (κ2) is 7.16. The zero-order chi connectivity index (χ0) is 17.1. The number of hydrogen-bond donors (Lipinski definition) is 0. The third-order valence-electron chi connectivity index (χ3n) is 4.61. The average molecular weight is 326 g/mol. The SMILES string of the molecule is CCCc1ccc(C2Cc3ccc(CCC)c(F)c3OC2=O)cc1. The quantitative estimate of drug-likeness (QED) is 0.572. The van der Waals surface area contributed by atoms with Gasteiger partial charge in [-0.1, -0.05) is 63.1 Å². The van der Waals surface area contributed by atoms with Crippen LogP contribution in [-0.4, -0.2) is 5.97 Å². The van der Waals surface area contributed by atoms with Crippen LogP contribution >= 0.6 is 0 Å². The first kappa shape index (κ1) is 16.7. The van der Waals surface area contributed by atoms with E-state index in [1.165, 1.54) is 5.56 Å². The lowest BCUT2D eigenvalue weighted by atomic mass is 9.88. The number of esters is 1. The van der Waals surface area contributed by atoms with E-state index in [1.54, 1.807) is 0 Å². The van der Waals surface area contributed by atoms with Gasteiger partial charge in [0.2, 0.25) is 0 Å². The van der Waals surface area contributed by atoms with Crippen LogP contribution in [0.4, 0.5) is 4.39 Å². The van der Waals surface area contributed by atoms with Crippen LogP contribution in [0.5, 0.6) is 5.75 Å². The Kier molecular flexibility index (Phi) is 4.98. The largest absolute Gasteiger partial charge is 0.423 e. The van der Waals surface area contributed by atoms with Gasteiger partial charge in [0.15, 0.2) is 11.6 Å². The summed E-state index contributed by atoms with van der Waals surface area (Å²) in [6, 6.07) is 11.8. The van der Waals surface area contributed by atoms with E-state index in [9.17, 15) is 9.18 Å². The van der Waals surface area contributed by atoms with Gasteiger partial charge >= 0.3 is 5.97 Å². The molecule has 0 saturated carbocycles. The van der Waals surface area contributed by atoms with E-state index in [0.717, 1.165) is 30.4 Å². The molecule has 0 saturated heterocycles. The Morgan fingerprint density at radius 2 is 1.75 bits per heavy atom. The van der Waals surface area contributed by atoms with Crippen molar-refractivity contribution in [3.63, 3.8) is 0 Å². The molecule has 1 aliphatic heterocycles. The van der Waals surface area contributed by atoms with Crippen molar-refractivity contribution in [3.8, 4) is 5.75 Å². The molecule has 0 aromatic heterocycles. The van der Waals surface area contributed by atoms with Crippen molar-refractivity contribution >= 4 is 5.97 Å². The maximum Gasteiger partial charge on any atom is 0.319 e. The molecule has 2 aromatic rings. The van der Waals surface area contributed by atoms with Gasteiger partial charge in [0.25, 0.3) is 0 Å². The highest BCUT2D eigenvalue weighted by atomic mass is 19.1. The molecule has 0 fully saturated rings. The zero-order valence-electron chi connectivity index (χ0n) is 14.3. The summed E-state index contributed by atoms with van der Waals surface area (Å²) in [5.74, 6) is -0.966. The highest BCUT2D eigenvalue weighted by Gasteiger charge is 2.32. The third kappa shape index (κ3) is 3.21. The van der Waals surface area contributed by atoms with Gasteiger partial charge in [-0.05, 0) is 41.5 Å². The molecule has 1 heterocycles. The first-order valence-corrected chi connectivity index (χ1v) is 8.74. The summed E-state index contributed by atoms with van der Waals surface area (Å²) >= 11 is 0. The Hall–Kier alpha value is -2.16. The molecule has 0 aliphatic carbocycles. The molecule has 1 atom stereocenters. The predicted molar refractivity (Wildman–Crippen MR) is 92.9 cm³/mol. The summed E-state index contributed by atoms with van der Waals surface area (Å²) in [6.45, 7) is 4.15. The third-order valence-corrected chi connectivity index (χ3v) is 4.61. The van der Waals surface area contributed by atoms with Crippen molar-refractivity contribution < 1.29 is 13.9 Å². The molecule has 1 unspecified atom stereocenters. The minimum Gasteiger partial charge on any atom is -0.423 e. The summed E-state index contributed by atoms with van der Waals surface area (Å²) in [5, 5.41) is 0. The van der Waals surface area contributed by atoms with Crippen LogP contribution in [0.15, 0.2) is 36.4 Å². The Labute approximate surface area is 142 Å². The minimum absolute atomic E-state index is 0.129. The standard InChI is InChI=1S/C21H23FO2/c1-3-5-14-7-9-15(10-8-14)18-13-17-12-11-16(6-4-2)19(22)20(17)24-21(18)23/h7-12,18H,3-6,13H2,1-2H3. The number of halogens is 1. The van der Waals surface area contributed by atoms with Gasteiger partial charge in [0.05, 0.1) is 5.92 Å². The highest BCUT2D eigenvalue weighted by Crippen LogP contribution is 2.36. The lowest BCUT2D eigenvalue weighted by Gasteiger charge is -2.25. The maximum atomic E-state index is 14.5. The molecule has 1 aliphatic rings. The van der Waals surface area contributed by atoms with Crippen LogP contribution < -0.4 is 4.74 Å². The number of benzene rings is 2. The van der Waals surface area contributed by atoms with Gasteiger partial charge in [-0.3, -0.25) is 4.79 Å². The molecule has 3 heteroatoms. The van der Waals surface area contributed by atoms with Gasteiger partial charge < -0.3 is 4.74 Å². The molecular formula is C21H23FO2. The number of carbonyl (C=O) groups excluding carboxylic acids is 1. The fourth-order valence-corrected chi connectivity index (χ4v) is 3.30. The topological polar surface area (TPSA) is 26.3 Å². The van der Waals surface area contributed by atoms with Crippen molar-refractivity contribution in [2.75, 3.05) is 0 Å². The van der Waals surface area contributed by atoms with Crippen molar-refractivity contribution in [2.45, 2.75) is 51.9 Å². The van der Waals surface area contributed by atoms with Crippen LogP contribution in [0.25, 0.3) is 0 Å². The Morgan fingerprint density at radius 1 is 1.04 bits per heavy atom. The molecule has 0 amide bonds. The number of aryl methyl sites for hydroxylation is 2. The van der Waals surface area contributed by atoms with E-state index in [0.29, 0.717) is 18.4 Å². The molecule has 0 spiro atoms. The summed E-state index contributed by atoms with van der Waals surface area (Å²) in [5.41, 5.74) is 3.59. The average Bonchev–Trinajstić information content (AvgIpc) is 2.59. The normalized spacial score (nSPS) is 16.6. The van der Waals surface area contributed by atoms with Gasteiger partial charge in [-0.2, -0.15) is 0 Å². The van der Waals surface area contributed by atoms with Crippen molar-refractivity contribution in [3.05, 3.63) is 64.5 Å². The van der Waals surface area contributed by atoms with Gasteiger partial charge in [0.1, 0.15) is 0 Å². The second-order valence-corrected chi connectivity index (χ2v) is 6.45. The molecule has 0 bridgehead atoms. The maximum absolute atomic E-state index is 14.5. The van der Waals surface area contributed by atoms with E-state index in [1.807, 2.05) is 31.2 Å². The van der Waals surface area contributed by atoms with E-state index in [4.69, 9.17) is 4.74 Å². The fourth-order valence-electron chi connectivity index (χ4n) is 3.30. The van der Waals surface area contributed by atoms with E-state index < -0.39 is 0 Å². The first-order valence-electron chi connectivity index (χ1n) is 8.74. The predicted octanol–water partition coefficient (Wildman–Crippen LogP) is 4.98. The number of fused-ring (bicyclic) bond motifs is 1. The summed E-state index contributed by atoms with van der Waals surface area (Å²) in [7, 11) is 0. The number of ether oxygens (including phenoxy) is 1. The zero-order valence-corrected chi connectivity index (χ0v) is 14.3. The van der Waals surface area contributed by atoms with Crippen LogP contribution in [0.2, 0.25) is 0 Å². The van der Waals surface area contributed by atoms with Gasteiger partial charge in [-0.15, -0.1) is 0 Å². The molecule has 2 aromatic carbocycles. The Morgan fingerprint density at radius 3 is 2.42 bits per heavy atom. The second-order valence-electron chi connectivity index (χ2n) is 6.45. The van der Waals surface area contributed by atoms with E-state index >= 15 is 0 Å². The number of carbonyl (C=O) groups is 1. The summed E-state index contributed by atoms with van der Waals surface area (Å²) in [6.07, 6.45) is 4.13. The van der Waals surface area contributed by atoms with Crippen LogP contribution in [0.3, 0.4) is 0 Å². The van der Waals surface area contributed by atoms with Gasteiger partial charge in [-0.25, -0.2) is 4.39 Å². The van der Waals surface area contributed by atoms with Crippen molar-refractivity contribution in [1.82, 2.24) is 0 Å². The molecule has 126 valence electrons. The smallest absolute Gasteiger partial charge is 0.319 e. The molecule has 2 nitrogen and oxygen atoms in total. The van der Waals surface area contributed by atoms with E-state index in [2.05, 4.69) is 19.1 Å². The highest BCUT2D eigenvalue weighted by molar-refractivity contribution is 5.83. The molecule has 24 heavy (non-hydrogen) atoms. The van der Waals surface area contributed by atoms with Crippen LogP contribution in [-0.2, 0) is 24.1 Å². The monoisotopic (exact) mass is 326 g/mol. The molecule has 0 N–H and O–H groups in total. The lowest BCUT2D eigenvalue weighted by Crippen LogP contribution is -2.27. The summed E-state index contributed by atoms with van der Waals surface area (Å²) < 4.78 is 19.9. The Balaban J connectivity index is 1.87. The number of hydrogen-bond acceptors (Lipinski definition) is 2. The van der Waals surface area contributed by atoms with Gasteiger partial charge in [0, 0.05) is 0 Å². The Bertz CT molecular complexity index is 734. The fraction of sp³-hybridized carbons (Fsp3) is 0.381. The summed E-state index contributed by atoms with van der Waals surface area (Å²) in [4.78, 5) is 12.4. The van der Waals surface area contributed by atoms with Crippen molar-refractivity contribution in [1.29, 1.82) is 0 Å². The molecular weight excluding hydrogens is 303 g/mol. The van der Waals surface area contributed by atoms with Crippen LogP contribution in [0, 0.1) is 5.82 Å². The number of rotatable bonds is 5. The van der Waals surface area contributed by atoms with E-state index in [-0.39, 0.29) is 23.5 Å². The van der Waals surface area contributed by atoms with Crippen molar-refractivity contribution in [2.24, 2.45) is 0 Å². The first-order chi connectivity index (χ1) is 11.6. The molecule has 3 rings (SSSR count). The minimum atomic E-state index is -0.376. The lowest BCUT2D eigenvalue weighted by molar-refractivity contribution is -0.137. The molecule has 0 radical (unpaired) electrons.